The molecular weight excluding hydrogens is 316 g/mol. The first-order valence-corrected chi connectivity index (χ1v) is 8.59. The molecule has 1 aliphatic rings. The van der Waals surface area contributed by atoms with Gasteiger partial charge in [0, 0.05) is 33.2 Å². The third kappa shape index (κ3) is 3.66. The number of nitrogens with one attached hydrogen (secondary N) is 1. The van der Waals surface area contributed by atoms with E-state index in [1.807, 2.05) is 30.3 Å². The number of methoxy groups -OCH3 is 1. The summed E-state index contributed by atoms with van der Waals surface area (Å²) in [7, 11) is 3.26. The van der Waals surface area contributed by atoms with Gasteiger partial charge in [-0.3, -0.25) is 9.59 Å². The Kier molecular flexibility index (Phi) is 5.34. The van der Waals surface area contributed by atoms with Crippen LogP contribution in [-0.2, 0) is 20.7 Å². The van der Waals surface area contributed by atoms with Crippen molar-refractivity contribution in [1.29, 1.82) is 0 Å². The van der Waals surface area contributed by atoms with Crippen LogP contribution >= 0.6 is 0 Å². The summed E-state index contributed by atoms with van der Waals surface area (Å²) < 4.78 is 5.24. The van der Waals surface area contributed by atoms with Gasteiger partial charge in [0.15, 0.2) is 0 Å². The Morgan fingerprint density at radius 3 is 2.68 bits per heavy atom. The molecule has 5 heteroatoms. The molecule has 2 aromatic carbocycles. The van der Waals surface area contributed by atoms with Gasteiger partial charge in [0.1, 0.15) is 0 Å². The van der Waals surface area contributed by atoms with Gasteiger partial charge in [-0.25, -0.2) is 0 Å². The summed E-state index contributed by atoms with van der Waals surface area (Å²) in [4.78, 5) is 26.7. The van der Waals surface area contributed by atoms with E-state index >= 15 is 0 Å². The van der Waals surface area contributed by atoms with Crippen molar-refractivity contribution >= 4 is 22.6 Å². The zero-order chi connectivity index (χ0) is 17.8. The normalized spacial score (nSPS) is 20.0. The molecule has 3 rings (SSSR count). The van der Waals surface area contributed by atoms with Gasteiger partial charge in [0.25, 0.3) is 0 Å². The lowest BCUT2D eigenvalue weighted by Crippen LogP contribution is -2.35. The zero-order valence-electron chi connectivity index (χ0n) is 14.7. The van der Waals surface area contributed by atoms with E-state index in [2.05, 4.69) is 17.4 Å². The smallest absolute Gasteiger partial charge is 0.227 e. The van der Waals surface area contributed by atoms with Crippen LogP contribution < -0.4 is 5.32 Å². The second-order valence-corrected chi connectivity index (χ2v) is 6.55. The van der Waals surface area contributed by atoms with Gasteiger partial charge >= 0.3 is 0 Å². The summed E-state index contributed by atoms with van der Waals surface area (Å²) >= 11 is 0. The number of fused-ring (bicyclic) bond motifs is 1. The second kappa shape index (κ2) is 7.66. The third-order valence-electron chi connectivity index (χ3n) is 4.98. The molecule has 1 saturated heterocycles. The lowest BCUT2D eigenvalue weighted by molar-refractivity contribution is -0.130. The molecule has 2 atom stereocenters. The minimum absolute atomic E-state index is 0.0255. The van der Waals surface area contributed by atoms with E-state index in [0.717, 1.165) is 16.3 Å². The fourth-order valence-electron chi connectivity index (χ4n) is 3.66. The number of likely N-dealkylation sites (tertiary alicyclic amines) is 1. The Morgan fingerprint density at radius 1 is 1.16 bits per heavy atom. The molecule has 5 nitrogen and oxygen atoms in total. The molecule has 132 valence electrons. The number of ether oxygens (including phenoxy) is 1. The van der Waals surface area contributed by atoms with E-state index in [-0.39, 0.29) is 23.7 Å². The van der Waals surface area contributed by atoms with Crippen LogP contribution in [0.4, 0.5) is 0 Å². The van der Waals surface area contributed by atoms with Crippen molar-refractivity contribution in [1.82, 2.24) is 10.2 Å². The minimum atomic E-state index is -0.207. The van der Waals surface area contributed by atoms with Gasteiger partial charge in [0.05, 0.1) is 18.9 Å². The van der Waals surface area contributed by atoms with E-state index in [9.17, 15) is 9.59 Å². The number of rotatable bonds is 5. The average molecular weight is 340 g/mol. The van der Waals surface area contributed by atoms with Crippen molar-refractivity contribution in [3.05, 3.63) is 48.0 Å². The lowest BCUT2D eigenvalue weighted by Gasteiger charge is -2.17. The molecule has 0 aliphatic carbocycles. The van der Waals surface area contributed by atoms with E-state index in [4.69, 9.17) is 4.74 Å². The van der Waals surface area contributed by atoms with Crippen LogP contribution in [0.5, 0.6) is 0 Å². The van der Waals surface area contributed by atoms with Crippen molar-refractivity contribution in [2.45, 2.75) is 6.42 Å². The number of amides is 2. The number of benzene rings is 2. The van der Waals surface area contributed by atoms with Gasteiger partial charge < -0.3 is 15.0 Å². The van der Waals surface area contributed by atoms with Crippen LogP contribution in [0, 0.1) is 11.8 Å². The topological polar surface area (TPSA) is 58.6 Å². The Labute approximate surface area is 148 Å². The van der Waals surface area contributed by atoms with E-state index in [1.165, 1.54) is 0 Å². The number of hydrogen-bond acceptors (Lipinski definition) is 3. The number of nitrogens with zero attached hydrogens (tertiary/aromatic N) is 1. The first kappa shape index (κ1) is 17.4. The van der Waals surface area contributed by atoms with Crippen molar-refractivity contribution in [2.75, 3.05) is 33.9 Å². The second-order valence-electron chi connectivity index (χ2n) is 6.55. The van der Waals surface area contributed by atoms with Crippen LogP contribution in [-0.4, -0.2) is 50.6 Å². The summed E-state index contributed by atoms with van der Waals surface area (Å²) in [5, 5.41) is 4.94. The largest absolute Gasteiger partial charge is 0.384 e. The Hall–Kier alpha value is -2.40. The van der Waals surface area contributed by atoms with Crippen LogP contribution in [0.25, 0.3) is 10.8 Å². The van der Waals surface area contributed by atoms with E-state index < -0.39 is 0 Å². The molecular formula is C20H24N2O3. The average Bonchev–Trinajstić information content (AvgIpc) is 3.06. The predicted octanol–water partition coefficient (Wildman–Crippen LogP) is 1.85. The summed E-state index contributed by atoms with van der Waals surface area (Å²) in [5.41, 5.74) is 1.02. The highest BCUT2D eigenvalue weighted by Crippen LogP contribution is 2.26. The Bertz CT molecular complexity index is 769. The fourth-order valence-corrected chi connectivity index (χ4v) is 3.66. The third-order valence-corrected chi connectivity index (χ3v) is 4.98. The van der Waals surface area contributed by atoms with Crippen LogP contribution in [0.1, 0.15) is 5.56 Å². The maximum absolute atomic E-state index is 12.8. The van der Waals surface area contributed by atoms with Crippen molar-refractivity contribution in [3.8, 4) is 0 Å². The molecule has 1 heterocycles. The van der Waals surface area contributed by atoms with Gasteiger partial charge in [0.2, 0.25) is 11.8 Å². The molecule has 0 bridgehead atoms. The number of carbonyl (C=O) groups excluding carboxylic acids is 2. The number of carbonyl (C=O) groups is 2. The first-order valence-electron chi connectivity index (χ1n) is 8.59. The van der Waals surface area contributed by atoms with Crippen LogP contribution in [0.15, 0.2) is 42.5 Å². The zero-order valence-corrected chi connectivity index (χ0v) is 14.7. The molecule has 0 radical (unpaired) electrons. The van der Waals surface area contributed by atoms with Gasteiger partial charge in [-0.2, -0.15) is 0 Å². The standard InChI is InChI=1S/C20H24N2O3/c1-21-20(24)18-12-22(11-16(18)13-25-2)19(23)10-15-8-5-7-14-6-3-4-9-17(14)15/h3-9,16,18H,10-13H2,1-2H3,(H,21,24)/t16-,18+/m0/s1. The molecule has 25 heavy (non-hydrogen) atoms. The predicted molar refractivity (Wildman–Crippen MR) is 97.2 cm³/mol. The molecule has 0 spiro atoms. The van der Waals surface area contributed by atoms with Gasteiger partial charge in [-0.05, 0) is 16.3 Å². The van der Waals surface area contributed by atoms with E-state index in [0.29, 0.717) is 26.1 Å². The Morgan fingerprint density at radius 2 is 1.92 bits per heavy atom. The van der Waals surface area contributed by atoms with Crippen LogP contribution in [0.2, 0.25) is 0 Å². The molecule has 0 unspecified atom stereocenters. The molecule has 1 aliphatic heterocycles. The van der Waals surface area contributed by atoms with E-state index in [1.54, 1.807) is 19.1 Å². The monoisotopic (exact) mass is 340 g/mol. The highest BCUT2D eigenvalue weighted by molar-refractivity contribution is 5.90. The summed E-state index contributed by atoms with van der Waals surface area (Å²) in [6.45, 7) is 1.50. The maximum Gasteiger partial charge on any atom is 0.227 e. The number of hydrogen-bond donors (Lipinski definition) is 1. The lowest BCUT2D eigenvalue weighted by atomic mass is 9.96. The molecule has 1 N–H and O–H groups in total. The highest BCUT2D eigenvalue weighted by Gasteiger charge is 2.39. The van der Waals surface area contributed by atoms with Crippen molar-refractivity contribution in [3.63, 3.8) is 0 Å². The van der Waals surface area contributed by atoms with Crippen LogP contribution in [0.3, 0.4) is 0 Å². The first-order chi connectivity index (χ1) is 12.1. The van der Waals surface area contributed by atoms with Crippen molar-refractivity contribution in [2.24, 2.45) is 11.8 Å². The molecule has 0 saturated carbocycles. The summed E-state index contributed by atoms with van der Waals surface area (Å²) in [6, 6.07) is 14.1. The SMILES string of the molecule is CNC(=O)[C@@H]1CN(C(=O)Cc2cccc3ccccc23)C[C@H]1COC. The van der Waals surface area contributed by atoms with Crippen molar-refractivity contribution < 1.29 is 14.3 Å². The molecule has 2 aromatic rings. The maximum atomic E-state index is 12.8. The quantitative estimate of drug-likeness (QED) is 0.904. The minimum Gasteiger partial charge on any atom is -0.384 e. The Balaban J connectivity index is 1.76. The molecule has 0 aromatic heterocycles. The summed E-state index contributed by atoms with van der Waals surface area (Å²) in [5.74, 6) is -0.130. The van der Waals surface area contributed by atoms with Gasteiger partial charge in [-0.15, -0.1) is 0 Å². The summed E-state index contributed by atoms with van der Waals surface area (Å²) in [6.07, 6.45) is 0.349. The molecule has 1 fully saturated rings. The fraction of sp³-hybridized carbons (Fsp3) is 0.400. The van der Waals surface area contributed by atoms with Gasteiger partial charge in [-0.1, -0.05) is 42.5 Å². The highest BCUT2D eigenvalue weighted by atomic mass is 16.5. The molecule has 2 amide bonds.